The first-order valence-corrected chi connectivity index (χ1v) is 5.63. The van der Waals surface area contributed by atoms with Gasteiger partial charge in [0.15, 0.2) is 9.84 Å². The Balaban J connectivity index is 2.84. The molecule has 0 saturated carbocycles. The van der Waals surface area contributed by atoms with Crippen molar-refractivity contribution >= 4 is 16.3 Å². The van der Waals surface area contributed by atoms with Crippen molar-refractivity contribution in [3.8, 4) is 0 Å². The van der Waals surface area contributed by atoms with Crippen LogP contribution in [0.15, 0.2) is 23.2 Å². The van der Waals surface area contributed by atoms with Gasteiger partial charge in [0, 0.05) is 12.5 Å². The second-order valence-corrected chi connectivity index (χ2v) is 4.68. The normalized spacial score (nSPS) is 10.9. The molecule has 0 aliphatic rings. The Kier molecular flexibility index (Phi) is 3.19. The van der Waals surface area contributed by atoms with Crippen LogP contribution in [0, 0.1) is 0 Å². The SMILES string of the molecule is CS(=O)(=O)c1ccc(COC=O)nc1. The summed E-state index contributed by atoms with van der Waals surface area (Å²) in [6, 6.07) is 2.92. The molecule has 0 radical (unpaired) electrons. The van der Waals surface area contributed by atoms with Crippen LogP contribution in [0.2, 0.25) is 0 Å². The zero-order chi connectivity index (χ0) is 10.6. The van der Waals surface area contributed by atoms with Crippen LogP contribution in [-0.4, -0.2) is 26.1 Å². The number of pyridine rings is 1. The maximum Gasteiger partial charge on any atom is 0.293 e. The number of rotatable bonds is 4. The van der Waals surface area contributed by atoms with Crippen molar-refractivity contribution in [1.29, 1.82) is 0 Å². The number of carbonyl (C=O) groups excluding carboxylic acids is 1. The molecular weight excluding hydrogens is 206 g/mol. The fourth-order valence-electron chi connectivity index (χ4n) is 0.835. The van der Waals surface area contributed by atoms with Crippen LogP contribution < -0.4 is 0 Å². The van der Waals surface area contributed by atoms with Gasteiger partial charge in [-0.05, 0) is 12.1 Å². The number of aromatic nitrogens is 1. The Morgan fingerprint density at radius 1 is 1.50 bits per heavy atom. The molecule has 0 fully saturated rings. The van der Waals surface area contributed by atoms with Crippen LogP contribution in [-0.2, 0) is 26.0 Å². The molecule has 6 heteroatoms. The van der Waals surface area contributed by atoms with Gasteiger partial charge >= 0.3 is 0 Å². The summed E-state index contributed by atoms with van der Waals surface area (Å²) in [6.45, 7) is 0.361. The highest BCUT2D eigenvalue weighted by Crippen LogP contribution is 2.07. The Labute approximate surface area is 81.6 Å². The van der Waals surface area contributed by atoms with E-state index in [1.54, 1.807) is 0 Å². The van der Waals surface area contributed by atoms with E-state index < -0.39 is 9.84 Å². The summed E-state index contributed by atoms with van der Waals surface area (Å²) < 4.78 is 26.5. The molecule has 0 spiro atoms. The van der Waals surface area contributed by atoms with Crippen LogP contribution in [0.1, 0.15) is 5.69 Å². The molecule has 0 aliphatic heterocycles. The van der Waals surface area contributed by atoms with E-state index in [-0.39, 0.29) is 11.5 Å². The summed E-state index contributed by atoms with van der Waals surface area (Å²) >= 11 is 0. The van der Waals surface area contributed by atoms with E-state index in [0.29, 0.717) is 12.2 Å². The summed E-state index contributed by atoms with van der Waals surface area (Å²) in [5.41, 5.74) is 0.504. The highest BCUT2D eigenvalue weighted by molar-refractivity contribution is 7.90. The third kappa shape index (κ3) is 2.81. The number of ether oxygens (including phenoxy) is 1. The van der Waals surface area contributed by atoms with Crippen LogP contribution >= 0.6 is 0 Å². The lowest BCUT2D eigenvalue weighted by molar-refractivity contribution is -0.129. The van der Waals surface area contributed by atoms with Crippen molar-refractivity contribution in [3.05, 3.63) is 24.0 Å². The zero-order valence-corrected chi connectivity index (χ0v) is 8.32. The van der Waals surface area contributed by atoms with E-state index in [9.17, 15) is 13.2 Å². The molecule has 0 saturated heterocycles. The quantitative estimate of drug-likeness (QED) is 0.669. The molecule has 0 unspecified atom stereocenters. The average Bonchev–Trinajstić information content (AvgIpc) is 2.14. The number of nitrogens with zero attached hydrogens (tertiary/aromatic N) is 1. The molecular formula is C8H9NO4S. The molecule has 1 aromatic rings. The van der Waals surface area contributed by atoms with Crippen molar-refractivity contribution in [3.63, 3.8) is 0 Å². The second kappa shape index (κ2) is 4.19. The summed E-state index contributed by atoms with van der Waals surface area (Å²) in [6.07, 6.45) is 2.34. The van der Waals surface area contributed by atoms with E-state index in [1.807, 2.05) is 0 Å². The highest BCUT2D eigenvalue weighted by atomic mass is 32.2. The second-order valence-electron chi connectivity index (χ2n) is 2.66. The Morgan fingerprint density at radius 2 is 2.21 bits per heavy atom. The fourth-order valence-corrected chi connectivity index (χ4v) is 1.39. The van der Waals surface area contributed by atoms with Gasteiger partial charge < -0.3 is 4.74 Å². The van der Waals surface area contributed by atoms with Gasteiger partial charge in [0.2, 0.25) is 0 Å². The first-order valence-electron chi connectivity index (χ1n) is 3.74. The number of hydrogen-bond donors (Lipinski definition) is 0. The Bertz CT molecular complexity index is 409. The predicted molar refractivity (Wildman–Crippen MR) is 48.2 cm³/mol. The van der Waals surface area contributed by atoms with Gasteiger partial charge in [-0.25, -0.2) is 8.42 Å². The predicted octanol–water partition coefficient (Wildman–Crippen LogP) is 0.158. The Morgan fingerprint density at radius 3 is 2.64 bits per heavy atom. The minimum Gasteiger partial charge on any atom is -0.461 e. The van der Waals surface area contributed by atoms with Crippen LogP contribution in [0.3, 0.4) is 0 Å². The topological polar surface area (TPSA) is 73.3 Å². The lowest BCUT2D eigenvalue weighted by Gasteiger charge is -2.00. The van der Waals surface area contributed by atoms with Crippen LogP contribution in [0.25, 0.3) is 0 Å². The van der Waals surface area contributed by atoms with E-state index >= 15 is 0 Å². The lowest BCUT2D eigenvalue weighted by atomic mass is 10.4. The van der Waals surface area contributed by atoms with Crippen molar-refractivity contribution < 1.29 is 17.9 Å². The first kappa shape index (κ1) is 10.6. The van der Waals surface area contributed by atoms with E-state index in [4.69, 9.17) is 0 Å². The van der Waals surface area contributed by atoms with Crippen LogP contribution in [0.4, 0.5) is 0 Å². The fraction of sp³-hybridized carbons (Fsp3) is 0.250. The molecule has 0 amide bonds. The van der Waals surface area contributed by atoms with Gasteiger partial charge in [-0.3, -0.25) is 9.78 Å². The zero-order valence-electron chi connectivity index (χ0n) is 7.50. The molecule has 0 aliphatic carbocycles. The van der Waals surface area contributed by atoms with E-state index in [1.165, 1.54) is 18.3 Å². The van der Waals surface area contributed by atoms with Crippen molar-refractivity contribution in [1.82, 2.24) is 4.98 Å². The summed E-state index contributed by atoms with van der Waals surface area (Å²) in [5, 5.41) is 0. The molecule has 5 nitrogen and oxygen atoms in total. The van der Waals surface area contributed by atoms with Gasteiger partial charge in [-0.2, -0.15) is 0 Å². The maximum atomic E-state index is 11.0. The smallest absolute Gasteiger partial charge is 0.293 e. The highest BCUT2D eigenvalue weighted by Gasteiger charge is 2.06. The lowest BCUT2D eigenvalue weighted by Crippen LogP contribution is -2.00. The average molecular weight is 215 g/mol. The number of sulfone groups is 1. The van der Waals surface area contributed by atoms with Crippen LogP contribution in [0.5, 0.6) is 0 Å². The summed E-state index contributed by atoms with van der Waals surface area (Å²) in [4.78, 5) is 13.8. The standard InChI is InChI=1S/C8H9NO4S/c1-14(11,12)8-3-2-7(9-4-8)5-13-6-10/h2-4,6H,5H2,1H3. The Hall–Kier alpha value is -1.43. The molecule has 1 heterocycles. The molecule has 0 aromatic carbocycles. The third-order valence-corrected chi connectivity index (χ3v) is 2.62. The molecule has 76 valence electrons. The van der Waals surface area contributed by atoms with Gasteiger partial charge in [0.05, 0.1) is 10.6 Å². The van der Waals surface area contributed by atoms with Gasteiger partial charge in [0.25, 0.3) is 6.47 Å². The first-order chi connectivity index (χ1) is 6.54. The molecule has 0 bridgehead atoms. The molecule has 1 aromatic heterocycles. The maximum absolute atomic E-state index is 11.0. The summed E-state index contributed by atoms with van der Waals surface area (Å²) in [7, 11) is -3.21. The summed E-state index contributed by atoms with van der Waals surface area (Å²) in [5.74, 6) is 0. The molecule has 14 heavy (non-hydrogen) atoms. The van der Waals surface area contributed by atoms with Crippen molar-refractivity contribution in [2.75, 3.05) is 6.26 Å². The van der Waals surface area contributed by atoms with E-state index in [2.05, 4.69) is 9.72 Å². The van der Waals surface area contributed by atoms with E-state index in [0.717, 1.165) is 6.26 Å². The van der Waals surface area contributed by atoms with Gasteiger partial charge in [-0.15, -0.1) is 0 Å². The van der Waals surface area contributed by atoms with Gasteiger partial charge in [0.1, 0.15) is 6.61 Å². The third-order valence-electron chi connectivity index (χ3n) is 1.53. The minimum atomic E-state index is -3.21. The monoisotopic (exact) mass is 215 g/mol. The van der Waals surface area contributed by atoms with Crippen molar-refractivity contribution in [2.24, 2.45) is 0 Å². The molecule has 0 atom stereocenters. The number of carbonyl (C=O) groups is 1. The minimum absolute atomic E-state index is 0.0491. The van der Waals surface area contributed by atoms with Crippen molar-refractivity contribution in [2.45, 2.75) is 11.5 Å². The molecule has 0 N–H and O–H groups in total. The molecule has 1 rings (SSSR count). The number of hydrogen-bond acceptors (Lipinski definition) is 5. The van der Waals surface area contributed by atoms with Gasteiger partial charge in [-0.1, -0.05) is 0 Å². The largest absolute Gasteiger partial charge is 0.461 e.